The third-order valence-corrected chi connectivity index (χ3v) is 1.54. The van der Waals surface area contributed by atoms with Crippen molar-refractivity contribution in [3.05, 3.63) is 12.5 Å². The highest BCUT2D eigenvalue weighted by Gasteiger charge is 2.07. The van der Waals surface area contributed by atoms with Gasteiger partial charge in [0.1, 0.15) is 0 Å². The molecule has 0 aromatic rings. The van der Waals surface area contributed by atoms with Gasteiger partial charge in [-0.3, -0.25) is 0 Å². The van der Waals surface area contributed by atoms with Crippen LogP contribution in [0, 0.1) is 0 Å². The predicted octanol–water partition coefficient (Wildman–Crippen LogP) is 2.22. The van der Waals surface area contributed by atoms with Crippen molar-refractivity contribution in [3.8, 4) is 0 Å². The van der Waals surface area contributed by atoms with Crippen LogP contribution in [0.4, 0.5) is 0 Å². The Hall–Kier alpha value is -0.660. The van der Waals surface area contributed by atoms with E-state index in [0.717, 1.165) is 5.88 Å². The average Bonchev–Trinajstić information content (AvgIpc) is 1.84. The van der Waals surface area contributed by atoms with Gasteiger partial charge in [0.2, 0.25) is 0 Å². The minimum Gasteiger partial charge on any atom is -0.477 e. The fourth-order valence-corrected chi connectivity index (χ4v) is 0.643. The molecule has 0 aliphatic rings. The maximum absolute atomic E-state index is 5.40. The van der Waals surface area contributed by atoms with E-state index in [2.05, 4.69) is 20.4 Å². The van der Waals surface area contributed by atoms with Crippen molar-refractivity contribution in [1.82, 2.24) is 4.90 Å². The lowest BCUT2D eigenvalue weighted by molar-refractivity contribution is 0.0714. The summed E-state index contributed by atoms with van der Waals surface area (Å²) in [6.07, 6.45) is 0.212. The molecule has 0 aromatic carbocycles. The molecule has 0 atom stereocenters. The number of hydrogen-bond acceptors (Lipinski definition) is 2. The SMILES string of the molecule is C=C(OC(C)C)N(C)C(C)C. The van der Waals surface area contributed by atoms with Crippen molar-refractivity contribution in [2.45, 2.75) is 39.8 Å². The second-order valence-electron chi connectivity index (χ2n) is 3.26. The maximum Gasteiger partial charge on any atom is 0.182 e. The predicted molar refractivity (Wildman–Crippen MR) is 48.3 cm³/mol. The van der Waals surface area contributed by atoms with Gasteiger partial charge in [-0.1, -0.05) is 0 Å². The molecule has 0 unspecified atom stereocenters. The first kappa shape index (κ1) is 10.3. The Labute approximate surface area is 69.8 Å². The second kappa shape index (κ2) is 4.27. The first-order chi connectivity index (χ1) is 4.95. The molecule has 0 N–H and O–H groups in total. The average molecular weight is 157 g/mol. The van der Waals surface area contributed by atoms with Gasteiger partial charge in [0.25, 0.3) is 0 Å². The van der Waals surface area contributed by atoms with Gasteiger partial charge >= 0.3 is 0 Å². The lowest BCUT2D eigenvalue weighted by Gasteiger charge is -2.26. The van der Waals surface area contributed by atoms with Crippen LogP contribution in [0.2, 0.25) is 0 Å². The van der Waals surface area contributed by atoms with Crippen LogP contribution < -0.4 is 0 Å². The van der Waals surface area contributed by atoms with Gasteiger partial charge in [-0.25, -0.2) is 0 Å². The monoisotopic (exact) mass is 157 g/mol. The first-order valence-electron chi connectivity index (χ1n) is 4.03. The lowest BCUT2D eigenvalue weighted by Crippen LogP contribution is -2.27. The van der Waals surface area contributed by atoms with Crippen LogP contribution in [-0.2, 0) is 4.74 Å². The molecule has 66 valence electrons. The standard InChI is InChI=1S/C9H19NO/c1-7(2)10(6)9(5)11-8(3)4/h7-8H,5H2,1-4,6H3. The summed E-state index contributed by atoms with van der Waals surface area (Å²) in [4.78, 5) is 2.01. The highest BCUT2D eigenvalue weighted by atomic mass is 16.5. The Kier molecular flexibility index (Phi) is 4.01. The summed E-state index contributed by atoms with van der Waals surface area (Å²) in [5.74, 6) is 0.745. The summed E-state index contributed by atoms with van der Waals surface area (Å²) in [7, 11) is 1.98. The molecule has 0 saturated carbocycles. The maximum atomic E-state index is 5.40. The largest absolute Gasteiger partial charge is 0.477 e. The van der Waals surface area contributed by atoms with Crippen molar-refractivity contribution in [2.75, 3.05) is 7.05 Å². The molecule has 0 aliphatic heterocycles. The molecule has 2 nitrogen and oxygen atoms in total. The Balaban J connectivity index is 3.83. The summed E-state index contributed by atoms with van der Waals surface area (Å²) in [6.45, 7) is 12.0. The number of rotatable bonds is 4. The van der Waals surface area contributed by atoms with Crippen LogP contribution >= 0.6 is 0 Å². The van der Waals surface area contributed by atoms with Crippen LogP contribution in [0.25, 0.3) is 0 Å². The number of hydrogen-bond donors (Lipinski definition) is 0. The van der Waals surface area contributed by atoms with Crippen LogP contribution in [-0.4, -0.2) is 24.1 Å². The van der Waals surface area contributed by atoms with Crippen molar-refractivity contribution < 1.29 is 4.74 Å². The molecule has 0 rings (SSSR count). The van der Waals surface area contributed by atoms with Gasteiger partial charge in [-0.05, 0) is 34.3 Å². The van der Waals surface area contributed by atoms with Crippen molar-refractivity contribution in [1.29, 1.82) is 0 Å². The Bertz CT molecular complexity index is 130. The van der Waals surface area contributed by atoms with E-state index in [1.54, 1.807) is 0 Å². The summed E-state index contributed by atoms with van der Waals surface area (Å²) in [5, 5.41) is 0. The molecule has 0 aromatic heterocycles. The van der Waals surface area contributed by atoms with Gasteiger partial charge < -0.3 is 9.64 Å². The van der Waals surface area contributed by atoms with E-state index in [1.165, 1.54) is 0 Å². The fourth-order valence-electron chi connectivity index (χ4n) is 0.643. The molecule has 11 heavy (non-hydrogen) atoms. The summed E-state index contributed by atoms with van der Waals surface area (Å²) >= 11 is 0. The third kappa shape index (κ3) is 3.91. The van der Waals surface area contributed by atoms with E-state index in [4.69, 9.17) is 4.74 Å². The summed E-state index contributed by atoms with van der Waals surface area (Å²) in [6, 6.07) is 0.446. The molecule has 0 aliphatic carbocycles. The van der Waals surface area contributed by atoms with E-state index >= 15 is 0 Å². The molecule has 0 heterocycles. The van der Waals surface area contributed by atoms with Crippen LogP contribution in [0.5, 0.6) is 0 Å². The van der Waals surface area contributed by atoms with E-state index in [9.17, 15) is 0 Å². The molecule has 2 heteroatoms. The van der Waals surface area contributed by atoms with E-state index in [-0.39, 0.29) is 6.10 Å². The zero-order chi connectivity index (χ0) is 9.02. The van der Waals surface area contributed by atoms with Crippen molar-refractivity contribution >= 4 is 0 Å². The molecule has 0 radical (unpaired) electrons. The van der Waals surface area contributed by atoms with Crippen LogP contribution in [0.1, 0.15) is 27.7 Å². The molecule has 0 fully saturated rings. The third-order valence-electron chi connectivity index (χ3n) is 1.54. The van der Waals surface area contributed by atoms with Crippen molar-refractivity contribution in [3.63, 3.8) is 0 Å². The smallest absolute Gasteiger partial charge is 0.182 e. The molecule has 0 spiro atoms. The Morgan fingerprint density at radius 2 is 1.73 bits per heavy atom. The van der Waals surface area contributed by atoms with E-state index in [1.807, 2.05) is 25.8 Å². The summed E-state index contributed by atoms with van der Waals surface area (Å²) in [5.41, 5.74) is 0. The van der Waals surface area contributed by atoms with Gasteiger partial charge in [-0.2, -0.15) is 0 Å². The Morgan fingerprint density at radius 3 is 2.00 bits per heavy atom. The van der Waals surface area contributed by atoms with Crippen LogP contribution in [0.15, 0.2) is 12.5 Å². The van der Waals surface area contributed by atoms with Crippen molar-refractivity contribution in [2.24, 2.45) is 0 Å². The van der Waals surface area contributed by atoms with Gasteiger partial charge in [-0.15, -0.1) is 0 Å². The summed E-state index contributed by atoms with van der Waals surface area (Å²) < 4.78 is 5.40. The van der Waals surface area contributed by atoms with Crippen LogP contribution in [0.3, 0.4) is 0 Å². The van der Waals surface area contributed by atoms with E-state index < -0.39 is 0 Å². The highest BCUT2D eigenvalue weighted by Crippen LogP contribution is 2.07. The minimum atomic E-state index is 0.212. The molecule has 0 saturated heterocycles. The van der Waals surface area contributed by atoms with E-state index in [0.29, 0.717) is 6.04 Å². The van der Waals surface area contributed by atoms with Gasteiger partial charge in [0.05, 0.1) is 6.10 Å². The van der Waals surface area contributed by atoms with Gasteiger partial charge in [0.15, 0.2) is 5.88 Å². The zero-order valence-electron chi connectivity index (χ0n) is 8.22. The normalized spacial score (nSPS) is 10.5. The van der Waals surface area contributed by atoms with Gasteiger partial charge in [0, 0.05) is 13.1 Å². The minimum absolute atomic E-state index is 0.212. The highest BCUT2D eigenvalue weighted by molar-refractivity contribution is 4.83. The molecule has 0 bridgehead atoms. The lowest BCUT2D eigenvalue weighted by atomic mass is 10.3. The molecular weight excluding hydrogens is 138 g/mol. The number of ether oxygens (including phenoxy) is 1. The zero-order valence-corrected chi connectivity index (χ0v) is 8.22. The topological polar surface area (TPSA) is 12.5 Å². The Morgan fingerprint density at radius 1 is 1.27 bits per heavy atom. The first-order valence-corrected chi connectivity index (χ1v) is 4.03. The number of nitrogens with zero attached hydrogens (tertiary/aromatic N) is 1. The fraction of sp³-hybridized carbons (Fsp3) is 0.778. The molecule has 0 amide bonds. The quantitative estimate of drug-likeness (QED) is 0.580. The molecular formula is C9H19NO. The second-order valence-corrected chi connectivity index (χ2v) is 3.26.